The summed E-state index contributed by atoms with van der Waals surface area (Å²) in [6, 6.07) is 8.36. The van der Waals surface area contributed by atoms with Crippen LogP contribution in [0, 0.1) is 0 Å². The van der Waals surface area contributed by atoms with Gasteiger partial charge in [0, 0.05) is 0 Å². The van der Waals surface area contributed by atoms with E-state index in [1.54, 1.807) is 6.92 Å². The number of ether oxygens (including phenoxy) is 1. The quantitative estimate of drug-likeness (QED) is 0.188. The van der Waals surface area contributed by atoms with Crippen LogP contribution in [0.2, 0.25) is 0 Å². The average molecular weight is 387 g/mol. The van der Waals surface area contributed by atoms with Crippen LogP contribution in [-0.2, 0) is 30.5 Å². The summed E-state index contributed by atoms with van der Waals surface area (Å²) in [7, 11) is -3.64. The Kier molecular flexibility index (Phi) is 11.0. The molecule has 0 aromatic heterocycles. The zero-order valence-electron chi connectivity index (χ0n) is 16.6. The molecule has 2 unspecified atom stereocenters. The van der Waals surface area contributed by atoms with Gasteiger partial charge in [-0.05, 0) is 44.7 Å². The Labute approximate surface area is 159 Å². The smallest absolute Gasteiger partial charge is 0.293 e. The lowest BCUT2D eigenvalue weighted by Gasteiger charge is -2.18. The Morgan fingerprint density at radius 2 is 1.54 bits per heavy atom. The van der Waals surface area contributed by atoms with Crippen LogP contribution in [0.4, 0.5) is 0 Å². The molecule has 0 heterocycles. The van der Waals surface area contributed by atoms with Crippen molar-refractivity contribution < 1.29 is 22.4 Å². The third-order valence-electron chi connectivity index (χ3n) is 4.30. The minimum absolute atomic E-state index is 0.144. The van der Waals surface area contributed by atoms with E-state index in [-0.39, 0.29) is 11.9 Å². The van der Waals surface area contributed by atoms with Crippen molar-refractivity contribution >= 4 is 10.1 Å². The molecule has 2 atom stereocenters. The van der Waals surface area contributed by atoms with Crippen molar-refractivity contribution in [3.05, 3.63) is 35.4 Å². The van der Waals surface area contributed by atoms with Crippen LogP contribution in [0.1, 0.15) is 83.5 Å². The molecule has 0 N–H and O–H groups in total. The Balaban J connectivity index is 2.35. The van der Waals surface area contributed by atoms with E-state index in [0.717, 1.165) is 12.0 Å². The van der Waals surface area contributed by atoms with Crippen molar-refractivity contribution in [1.82, 2.24) is 0 Å². The van der Waals surface area contributed by atoms with Crippen LogP contribution in [0.25, 0.3) is 0 Å². The zero-order valence-corrected chi connectivity index (χ0v) is 17.4. The Morgan fingerprint density at radius 3 is 2.15 bits per heavy atom. The molecule has 1 aromatic carbocycles. The summed E-state index contributed by atoms with van der Waals surface area (Å²) in [6.45, 7) is 7.23. The van der Waals surface area contributed by atoms with Gasteiger partial charge in [-0.15, -0.1) is 4.33 Å². The molecule has 0 amide bonds. The topological polar surface area (TPSA) is 61.8 Å². The maximum Gasteiger partial charge on any atom is 0.293 e. The first-order valence-electron chi connectivity index (χ1n) is 9.69. The molecule has 0 saturated heterocycles. The Hall–Kier alpha value is -0.950. The van der Waals surface area contributed by atoms with E-state index in [1.807, 2.05) is 19.1 Å². The van der Waals surface area contributed by atoms with E-state index in [1.165, 1.54) is 51.0 Å². The standard InChI is InChI=1S/C20H34O5S/c1-5-7-8-9-10-11-12-19-13-15-20(16-14-19)17(3)23-18(4)24-25-26(21,22)6-2/h13-18H,5-12H2,1-4H3. The molecule has 0 aliphatic rings. The number of aryl methyl sites for hydroxylation is 1. The second kappa shape index (κ2) is 12.4. The van der Waals surface area contributed by atoms with Crippen LogP contribution in [-0.4, -0.2) is 20.5 Å². The SMILES string of the molecule is CCCCCCCCc1ccc(C(C)OC(C)OOS(=O)(=O)CC)cc1. The summed E-state index contributed by atoms with van der Waals surface area (Å²) in [6.07, 6.45) is 7.90. The number of benzene rings is 1. The molecule has 1 aromatic rings. The van der Waals surface area contributed by atoms with Crippen LogP contribution in [0.3, 0.4) is 0 Å². The van der Waals surface area contributed by atoms with Gasteiger partial charge in [0.15, 0.2) is 6.29 Å². The van der Waals surface area contributed by atoms with Crippen LogP contribution >= 0.6 is 0 Å². The fourth-order valence-corrected chi connectivity index (χ4v) is 2.94. The lowest BCUT2D eigenvalue weighted by molar-refractivity contribution is -0.319. The highest BCUT2D eigenvalue weighted by Crippen LogP contribution is 2.20. The van der Waals surface area contributed by atoms with Gasteiger partial charge in [-0.2, -0.15) is 13.3 Å². The molecule has 0 spiro atoms. The Morgan fingerprint density at radius 1 is 0.923 bits per heavy atom. The van der Waals surface area contributed by atoms with E-state index < -0.39 is 16.4 Å². The van der Waals surface area contributed by atoms with Gasteiger partial charge in [0.1, 0.15) is 0 Å². The van der Waals surface area contributed by atoms with Crippen LogP contribution in [0.15, 0.2) is 24.3 Å². The lowest BCUT2D eigenvalue weighted by Crippen LogP contribution is -2.19. The molecule has 1 rings (SSSR count). The van der Waals surface area contributed by atoms with Crippen LogP contribution < -0.4 is 0 Å². The molecule has 0 saturated carbocycles. The van der Waals surface area contributed by atoms with E-state index >= 15 is 0 Å². The third-order valence-corrected chi connectivity index (χ3v) is 5.29. The van der Waals surface area contributed by atoms with Gasteiger partial charge in [0.2, 0.25) is 0 Å². The molecular formula is C20H34O5S. The summed E-state index contributed by atoms with van der Waals surface area (Å²) in [5.74, 6) is -0.144. The predicted molar refractivity (Wildman–Crippen MR) is 104 cm³/mol. The van der Waals surface area contributed by atoms with Gasteiger partial charge in [-0.25, -0.2) is 0 Å². The molecule has 6 heteroatoms. The van der Waals surface area contributed by atoms with E-state index in [2.05, 4.69) is 23.4 Å². The third kappa shape index (κ3) is 9.67. The van der Waals surface area contributed by atoms with Gasteiger partial charge in [0.25, 0.3) is 10.1 Å². The molecule has 0 aliphatic carbocycles. The molecule has 0 aliphatic heterocycles. The maximum absolute atomic E-state index is 11.3. The minimum Gasteiger partial charge on any atom is -0.342 e. The maximum atomic E-state index is 11.3. The fraction of sp³-hybridized carbons (Fsp3) is 0.700. The first kappa shape index (κ1) is 23.1. The summed E-state index contributed by atoms with van der Waals surface area (Å²) < 4.78 is 32.6. The minimum atomic E-state index is -3.64. The van der Waals surface area contributed by atoms with E-state index in [9.17, 15) is 8.42 Å². The molecule has 5 nitrogen and oxygen atoms in total. The number of unbranched alkanes of at least 4 members (excludes halogenated alkanes) is 5. The number of hydrogen-bond donors (Lipinski definition) is 0. The van der Waals surface area contributed by atoms with Crippen molar-refractivity contribution in [2.24, 2.45) is 0 Å². The molecule has 0 fully saturated rings. The van der Waals surface area contributed by atoms with E-state index in [4.69, 9.17) is 9.62 Å². The van der Waals surface area contributed by atoms with Gasteiger partial charge in [-0.3, -0.25) is 0 Å². The molecule has 150 valence electrons. The van der Waals surface area contributed by atoms with Gasteiger partial charge >= 0.3 is 0 Å². The molecule has 0 bridgehead atoms. The summed E-state index contributed by atoms with van der Waals surface area (Å²) in [5, 5.41) is 0. The normalized spacial score (nSPS) is 14.3. The fourth-order valence-electron chi connectivity index (χ4n) is 2.62. The van der Waals surface area contributed by atoms with Crippen LogP contribution in [0.5, 0.6) is 0 Å². The van der Waals surface area contributed by atoms with E-state index in [0.29, 0.717) is 0 Å². The monoisotopic (exact) mass is 386 g/mol. The summed E-state index contributed by atoms with van der Waals surface area (Å²) in [5.41, 5.74) is 2.35. The average Bonchev–Trinajstić information content (AvgIpc) is 2.63. The van der Waals surface area contributed by atoms with Crippen molar-refractivity contribution in [3.63, 3.8) is 0 Å². The highest BCUT2D eigenvalue weighted by Gasteiger charge is 2.16. The van der Waals surface area contributed by atoms with Gasteiger partial charge in [-0.1, -0.05) is 63.3 Å². The van der Waals surface area contributed by atoms with Crippen molar-refractivity contribution in [2.45, 2.75) is 85.0 Å². The predicted octanol–water partition coefficient (Wildman–Crippen LogP) is 5.31. The van der Waals surface area contributed by atoms with Gasteiger partial charge in [0.05, 0.1) is 11.9 Å². The lowest BCUT2D eigenvalue weighted by atomic mass is 10.0. The number of hydrogen-bond acceptors (Lipinski definition) is 5. The summed E-state index contributed by atoms with van der Waals surface area (Å²) in [4.78, 5) is 4.80. The second-order valence-corrected chi connectivity index (χ2v) is 8.44. The zero-order chi connectivity index (χ0) is 19.4. The molecular weight excluding hydrogens is 352 g/mol. The van der Waals surface area contributed by atoms with Gasteiger partial charge < -0.3 is 4.74 Å². The second-order valence-electron chi connectivity index (χ2n) is 6.62. The summed E-state index contributed by atoms with van der Waals surface area (Å²) >= 11 is 0. The Bertz CT molecular complexity index is 583. The highest BCUT2D eigenvalue weighted by atomic mass is 32.2. The molecule has 26 heavy (non-hydrogen) atoms. The first-order chi connectivity index (χ1) is 12.4. The van der Waals surface area contributed by atoms with Crippen molar-refractivity contribution in [1.29, 1.82) is 0 Å². The number of rotatable bonds is 14. The molecule has 0 radical (unpaired) electrons. The largest absolute Gasteiger partial charge is 0.342 e. The van der Waals surface area contributed by atoms with Crippen molar-refractivity contribution in [3.8, 4) is 0 Å². The van der Waals surface area contributed by atoms with Crippen molar-refractivity contribution in [2.75, 3.05) is 5.75 Å². The highest BCUT2D eigenvalue weighted by molar-refractivity contribution is 7.86. The first-order valence-corrected chi connectivity index (χ1v) is 11.3.